The van der Waals surface area contributed by atoms with Gasteiger partial charge >= 0.3 is 5.97 Å². The standard InChI is InChI=1S/C16H25N3O2S/c1-12(2)19-9-13-8-18(10-14-17-5-7-22-14)6-3-4-16(13,11-19)15(20)21/h5,7,12-13H,3-4,6,8-11H2,1-2H3,(H,20,21)/t13-,16-/m1/s1. The Morgan fingerprint density at radius 3 is 3.00 bits per heavy atom. The largest absolute Gasteiger partial charge is 0.481 e. The highest BCUT2D eigenvalue weighted by atomic mass is 32.1. The Bertz CT molecular complexity index is 519. The van der Waals surface area contributed by atoms with E-state index in [-0.39, 0.29) is 5.92 Å². The van der Waals surface area contributed by atoms with Crippen LogP contribution in [0.15, 0.2) is 11.6 Å². The molecule has 6 heteroatoms. The first-order valence-corrected chi connectivity index (χ1v) is 8.97. The van der Waals surface area contributed by atoms with Crippen molar-refractivity contribution in [3.63, 3.8) is 0 Å². The zero-order valence-corrected chi connectivity index (χ0v) is 14.2. The molecule has 0 aromatic carbocycles. The van der Waals surface area contributed by atoms with Crippen molar-refractivity contribution < 1.29 is 9.90 Å². The number of carboxylic acid groups (broad SMARTS) is 1. The topological polar surface area (TPSA) is 56.7 Å². The van der Waals surface area contributed by atoms with Crippen LogP contribution in [0.4, 0.5) is 0 Å². The number of carboxylic acids is 1. The monoisotopic (exact) mass is 323 g/mol. The minimum Gasteiger partial charge on any atom is -0.481 e. The first kappa shape index (κ1) is 15.9. The second kappa shape index (κ2) is 6.26. The van der Waals surface area contributed by atoms with E-state index in [0.717, 1.165) is 44.0 Å². The fourth-order valence-electron chi connectivity index (χ4n) is 3.96. The highest BCUT2D eigenvalue weighted by Gasteiger charge is 2.53. The fourth-order valence-corrected chi connectivity index (χ4v) is 4.62. The van der Waals surface area contributed by atoms with E-state index in [0.29, 0.717) is 12.6 Å². The van der Waals surface area contributed by atoms with Gasteiger partial charge in [-0.2, -0.15) is 0 Å². The van der Waals surface area contributed by atoms with Crippen LogP contribution in [0.2, 0.25) is 0 Å². The van der Waals surface area contributed by atoms with Gasteiger partial charge in [-0.1, -0.05) is 0 Å². The quantitative estimate of drug-likeness (QED) is 0.920. The highest BCUT2D eigenvalue weighted by Crippen LogP contribution is 2.43. The Morgan fingerprint density at radius 1 is 1.55 bits per heavy atom. The molecular formula is C16H25N3O2S. The number of carbonyl (C=O) groups is 1. The van der Waals surface area contributed by atoms with E-state index in [2.05, 4.69) is 28.6 Å². The van der Waals surface area contributed by atoms with Crippen LogP contribution in [0.25, 0.3) is 0 Å². The first-order valence-electron chi connectivity index (χ1n) is 8.09. The summed E-state index contributed by atoms with van der Waals surface area (Å²) in [5.41, 5.74) is -0.554. The molecule has 0 radical (unpaired) electrons. The lowest BCUT2D eigenvalue weighted by atomic mass is 9.75. The molecule has 0 unspecified atom stereocenters. The number of nitrogens with zero attached hydrogens (tertiary/aromatic N) is 3. The Morgan fingerprint density at radius 2 is 2.36 bits per heavy atom. The molecule has 1 aromatic heterocycles. The molecule has 0 saturated carbocycles. The third-order valence-corrected chi connectivity index (χ3v) is 6.06. The van der Waals surface area contributed by atoms with Crippen LogP contribution in [0.1, 0.15) is 31.7 Å². The number of rotatable bonds is 4. The second-order valence-electron chi connectivity index (χ2n) is 6.95. The lowest BCUT2D eigenvalue weighted by molar-refractivity contribution is -0.151. The van der Waals surface area contributed by atoms with Crippen LogP contribution in [0.3, 0.4) is 0 Å². The van der Waals surface area contributed by atoms with Crippen molar-refractivity contribution in [1.82, 2.24) is 14.8 Å². The molecule has 22 heavy (non-hydrogen) atoms. The van der Waals surface area contributed by atoms with Gasteiger partial charge in [0.05, 0.1) is 12.0 Å². The average molecular weight is 323 g/mol. The van der Waals surface area contributed by atoms with Crippen LogP contribution in [0.5, 0.6) is 0 Å². The van der Waals surface area contributed by atoms with Gasteiger partial charge in [-0.05, 0) is 33.2 Å². The van der Waals surface area contributed by atoms with Gasteiger partial charge in [0.25, 0.3) is 0 Å². The predicted molar refractivity (Wildman–Crippen MR) is 86.9 cm³/mol. The van der Waals surface area contributed by atoms with Gasteiger partial charge in [-0.3, -0.25) is 14.6 Å². The van der Waals surface area contributed by atoms with Crippen molar-refractivity contribution in [1.29, 1.82) is 0 Å². The summed E-state index contributed by atoms with van der Waals surface area (Å²) in [4.78, 5) is 21.2. The maximum absolute atomic E-state index is 12.0. The summed E-state index contributed by atoms with van der Waals surface area (Å²) in [5.74, 6) is -0.383. The zero-order chi connectivity index (χ0) is 15.7. The van der Waals surface area contributed by atoms with Crippen LogP contribution in [-0.4, -0.2) is 58.1 Å². The average Bonchev–Trinajstić information content (AvgIpc) is 3.04. The van der Waals surface area contributed by atoms with Crippen molar-refractivity contribution in [3.05, 3.63) is 16.6 Å². The van der Waals surface area contributed by atoms with Gasteiger partial charge in [-0.15, -0.1) is 11.3 Å². The Balaban J connectivity index is 1.77. The fraction of sp³-hybridized carbons (Fsp3) is 0.750. The molecule has 122 valence electrons. The van der Waals surface area contributed by atoms with Crippen molar-refractivity contribution >= 4 is 17.3 Å². The molecule has 5 nitrogen and oxygen atoms in total. The second-order valence-corrected chi connectivity index (χ2v) is 7.93. The molecule has 2 fully saturated rings. The molecule has 3 rings (SSSR count). The molecule has 0 aliphatic carbocycles. The summed E-state index contributed by atoms with van der Waals surface area (Å²) in [6.07, 6.45) is 3.60. The first-order chi connectivity index (χ1) is 10.5. The van der Waals surface area contributed by atoms with E-state index in [9.17, 15) is 9.90 Å². The number of fused-ring (bicyclic) bond motifs is 1. The Hall–Kier alpha value is -0.980. The van der Waals surface area contributed by atoms with Crippen LogP contribution < -0.4 is 0 Å². The molecule has 1 aromatic rings. The van der Waals surface area contributed by atoms with E-state index >= 15 is 0 Å². The van der Waals surface area contributed by atoms with Crippen molar-refractivity contribution in [2.45, 2.75) is 39.3 Å². The molecule has 1 N–H and O–H groups in total. The number of aliphatic carboxylic acids is 1. The third-order valence-electron chi connectivity index (χ3n) is 5.30. The van der Waals surface area contributed by atoms with Crippen molar-refractivity contribution in [3.8, 4) is 0 Å². The number of aromatic nitrogens is 1. The van der Waals surface area contributed by atoms with Crippen molar-refractivity contribution in [2.24, 2.45) is 11.3 Å². The molecule has 2 aliphatic heterocycles. The number of hydrogen-bond donors (Lipinski definition) is 1. The van der Waals surface area contributed by atoms with Crippen LogP contribution in [0, 0.1) is 11.3 Å². The van der Waals surface area contributed by atoms with Gasteiger partial charge in [0, 0.05) is 43.2 Å². The Kier molecular flexibility index (Phi) is 4.52. The van der Waals surface area contributed by atoms with Crippen molar-refractivity contribution in [2.75, 3.05) is 26.2 Å². The van der Waals surface area contributed by atoms with E-state index in [1.165, 1.54) is 0 Å². The van der Waals surface area contributed by atoms with Gasteiger partial charge in [0.15, 0.2) is 0 Å². The number of hydrogen-bond acceptors (Lipinski definition) is 5. The van der Waals surface area contributed by atoms with Gasteiger partial charge in [0.1, 0.15) is 5.01 Å². The van der Waals surface area contributed by atoms with E-state index in [1.807, 2.05) is 11.6 Å². The predicted octanol–water partition coefficient (Wildman–Crippen LogP) is 2.15. The van der Waals surface area contributed by atoms with E-state index in [1.54, 1.807) is 11.3 Å². The summed E-state index contributed by atoms with van der Waals surface area (Å²) in [7, 11) is 0. The molecule has 2 aliphatic rings. The maximum atomic E-state index is 12.0. The summed E-state index contributed by atoms with van der Waals surface area (Å²) < 4.78 is 0. The molecule has 2 atom stereocenters. The Labute approximate surface area is 135 Å². The molecule has 0 amide bonds. The highest BCUT2D eigenvalue weighted by molar-refractivity contribution is 7.09. The summed E-state index contributed by atoms with van der Waals surface area (Å²) in [5, 5.41) is 13.0. The van der Waals surface area contributed by atoms with Gasteiger partial charge in [0.2, 0.25) is 0 Å². The zero-order valence-electron chi connectivity index (χ0n) is 13.4. The van der Waals surface area contributed by atoms with Gasteiger partial charge < -0.3 is 5.11 Å². The molecule has 0 bridgehead atoms. The smallest absolute Gasteiger partial charge is 0.311 e. The lowest BCUT2D eigenvalue weighted by Gasteiger charge is -2.29. The third kappa shape index (κ3) is 2.92. The minimum atomic E-state index is -0.600. The van der Waals surface area contributed by atoms with Crippen LogP contribution in [-0.2, 0) is 11.3 Å². The molecule has 0 spiro atoms. The lowest BCUT2D eigenvalue weighted by Crippen LogP contribution is -2.41. The minimum absolute atomic E-state index is 0.217. The van der Waals surface area contributed by atoms with Gasteiger partial charge in [-0.25, -0.2) is 4.98 Å². The number of thiazole rings is 1. The molecular weight excluding hydrogens is 298 g/mol. The number of likely N-dealkylation sites (tertiary alicyclic amines) is 2. The molecule has 3 heterocycles. The van der Waals surface area contributed by atoms with Crippen LogP contribution >= 0.6 is 11.3 Å². The summed E-state index contributed by atoms with van der Waals surface area (Å²) >= 11 is 1.68. The summed E-state index contributed by atoms with van der Waals surface area (Å²) in [6.45, 7) is 8.63. The maximum Gasteiger partial charge on any atom is 0.311 e. The summed E-state index contributed by atoms with van der Waals surface area (Å²) in [6, 6.07) is 0.413. The normalized spacial score (nSPS) is 30.4. The molecule has 2 saturated heterocycles. The van der Waals surface area contributed by atoms with E-state index in [4.69, 9.17) is 0 Å². The van der Waals surface area contributed by atoms with E-state index < -0.39 is 11.4 Å². The SMILES string of the molecule is CC(C)N1C[C@H]2CN(Cc3nccs3)CCC[C@@]2(C(=O)O)C1.